The van der Waals surface area contributed by atoms with Crippen molar-refractivity contribution in [2.75, 3.05) is 6.54 Å². The molecular weight excluding hydrogens is 505 g/mol. The fourth-order valence-corrected chi connectivity index (χ4v) is 3.89. The lowest BCUT2D eigenvalue weighted by atomic mass is 10.1. The Balaban J connectivity index is 1.66. The third-order valence-electron chi connectivity index (χ3n) is 5.26. The fraction of sp³-hybridized carbons (Fsp3) is 0.238. The van der Waals surface area contributed by atoms with E-state index in [1.54, 1.807) is 12.1 Å². The minimum Gasteiger partial charge on any atom is -0.618 e. The summed E-state index contributed by atoms with van der Waals surface area (Å²) >= 11 is 6.15. The molecule has 15 heteroatoms. The summed E-state index contributed by atoms with van der Waals surface area (Å²) in [6, 6.07) is 6.77. The van der Waals surface area contributed by atoms with E-state index in [1.165, 1.54) is 40.4 Å². The lowest BCUT2D eigenvalue weighted by Crippen LogP contribution is -2.51. The molecule has 0 bridgehead atoms. The van der Waals surface area contributed by atoms with Crippen LogP contribution in [-0.4, -0.2) is 48.8 Å². The van der Waals surface area contributed by atoms with Crippen molar-refractivity contribution in [1.82, 2.24) is 35.4 Å². The van der Waals surface area contributed by atoms with Crippen LogP contribution in [0.4, 0.5) is 13.2 Å². The molecule has 0 saturated carbocycles. The number of pyridine rings is 2. The summed E-state index contributed by atoms with van der Waals surface area (Å²) in [4.78, 5) is 16.6. The van der Waals surface area contributed by atoms with Gasteiger partial charge in [0.1, 0.15) is 18.3 Å². The van der Waals surface area contributed by atoms with Gasteiger partial charge in [-0.2, -0.15) is 18.2 Å². The first-order valence-electron chi connectivity index (χ1n) is 10.4. The molecule has 0 saturated heterocycles. The SMILES string of the molecule is O=C([O-])CC1=C(F)C(NCC(F)(F)c2cccc[n+]2[O-])N(Cc2ncccc2-n2cnnn2)C=C1Cl. The molecule has 4 rings (SSSR count). The number of tetrazole rings is 1. The standard InChI is InChI=1S/C21H18ClF3N8O3/c22-14-9-31(10-15-16(4-3-6-26-15)32-12-28-29-30-32)20(19(23)13(14)8-18(34)35)27-11-21(24,25)17-5-1-2-7-33(17)36/h1-7,9,12,20,27H,8,10-11H2,(H,34,35)/p-1. The average Bonchev–Trinajstić information content (AvgIpc) is 3.37. The largest absolute Gasteiger partial charge is 0.618 e. The van der Waals surface area contributed by atoms with Gasteiger partial charge in [0.25, 0.3) is 5.69 Å². The van der Waals surface area contributed by atoms with E-state index in [-0.39, 0.29) is 16.3 Å². The lowest BCUT2D eigenvalue weighted by molar-refractivity contribution is -0.624. The van der Waals surface area contributed by atoms with Crippen molar-refractivity contribution in [2.45, 2.75) is 25.1 Å². The number of aromatic nitrogens is 6. The van der Waals surface area contributed by atoms with Crippen LogP contribution >= 0.6 is 11.6 Å². The van der Waals surface area contributed by atoms with Gasteiger partial charge in [0, 0.05) is 42.5 Å². The number of carboxylic acids is 1. The minimum atomic E-state index is -3.70. The normalized spacial score (nSPS) is 16.3. The summed E-state index contributed by atoms with van der Waals surface area (Å²) in [5.41, 5.74) is -0.508. The van der Waals surface area contributed by atoms with Crippen LogP contribution in [0.2, 0.25) is 0 Å². The van der Waals surface area contributed by atoms with Crippen molar-refractivity contribution < 1.29 is 27.8 Å². The smallest absolute Gasteiger partial charge is 0.343 e. The van der Waals surface area contributed by atoms with Gasteiger partial charge in [-0.3, -0.25) is 10.3 Å². The molecule has 1 aliphatic heterocycles. The van der Waals surface area contributed by atoms with Gasteiger partial charge >= 0.3 is 5.92 Å². The molecule has 1 aliphatic rings. The van der Waals surface area contributed by atoms with Crippen LogP contribution < -0.4 is 15.2 Å². The van der Waals surface area contributed by atoms with Crippen LogP contribution in [0.25, 0.3) is 5.69 Å². The number of halogens is 4. The van der Waals surface area contributed by atoms with Crippen LogP contribution in [0.3, 0.4) is 0 Å². The number of alkyl halides is 2. The molecule has 0 aliphatic carbocycles. The maximum atomic E-state index is 15.5. The molecule has 36 heavy (non-hydrogen) atoms. The van der Waals surface area contributed by atoms with Crippen LogP contribution in [0, 0.1) is 5.21 Å². The highest BCUT2D eigenvalue weighted by molar-refractivity contribution is 6.32. The number of carboxylic acid groups (broad SMARTS) is 1. The van der Waals surface area contributed by atoms with Gasteiger partial charge < -0.3 is 20.0 Å². The molecule has 11 nitrogen and oxygen atoms in total. The Morgan fingerprint density at radius 1 is 1.28 bits per heavy atom. The summed E-state index contributed by atoms with van der Waals surface area (Å²) in [6.07, 6.45) is 2.46. The van der Waals surface area contributed by atoms with E-state index < -0.39 is 48.1 Å². The van der Waals surface area contributed by atoms with Crippen molar-refractivity contribution in [1.29, 1.82) is 0 Å². The molecule has 1 N–H and O–H groups in total. The van der Waals surface area contributed by atoms with Crippen LogP contribution in [0.15, 0.2) is 71.7 Å². The quantitative estimate of drug-likeness (QED) is 0.318. The van der Waals surface area contributed by atoms with Crippen molar-refractivity contribution in [2.24, 2.45) is 0 Å². The third-order valence-corrected chi connectivity index (χ3v) is 5.58. The second-order valence-electron chi connectivity index (χ2n) is 7.65. The zero-order chi connectivity index (χ0) is 25.9. The molecule has 0 amide bonds. The van der Waals surface area contributed by atoms with Gasteiger partial charge in [-0.1, -0.05) is 11.6 Å². The third kappa shape index (κ3) is 5.28. The first kappa shape index (κ1) is 25.1. The summed E-state index contributed by atoms with van der Waals surface area (Å²) in [5.74, 6) is -6.39. The number of hydrogen-bond acceptors (Lipinski definition) is 9. The number of nitrogens with zero attached hydrogens (tertiary/aromatic N) is 7. The van der Waals surface area contributed by atoms with Crippen molar-refractivity contribution in [3.05, 3.63) is 88.3 Å². The highest BCUT2D eigenvalue weighted by Crippen LogP contribution is 2.34. The molecule has 0 aromatic carbocycles. The van der Waals surface area contributed by atoms with Crippen LogP contribution in [-0.2, 0) is 17.3 Å². The Bertz CT molecular complexity index is 1320. The van der Waals surface area contributed by atoms with Gasteiger partial charge in [-0.15, -0.1) is 5.10 Å². The fourth-order valence-electron chi connectivity index (χ4n) is 3.61. The number of carbonyl (C=O) groups excluding carboxylic acids is 1. The summed E-state index contributed by atoms with van der Waals surface area (Å²) in [6.45, 7) is -1.31. The Morgan fingerprint density at radius 2 is 2.08 bits per heavy atom. The second kappa shape index (κ2) is 10.3. The number of nitrogens with one attached hydrogen (secondary N) is 1. The van der Waals surface area contributed by atoms with Crippen LogP contribution in [0.1, 0.15) is 17.8 Å². The first-order valence-corrected chi connectivity index (χ1v) is 10.7. The molecule has 0 spiro atoms. The maximum Gasteiger partial charge on any atom is 0.343 e. The molecule has 3 aromatic rings. The average molecular weight is 522 g/mol. The maximum absolute atomic E-state index is 15.5. The summed E-state index contributed by atoms with van der Waals surface area (Å²) in [7, 11) is 0. The molecular formula is C21H17ClF3N8O3-. The zero-order valence-electron chi connectivity index (χ0n) is 18.3. The second-order valence-corrected chi connectivity index (χ2v) is 8.06. The predicted octanol–water partition coefficient (Wildman–Crippen LogP) is 0.658. The van der Waals surface area contributed by atoms with Crippen molar-refractivity contribution in [3.63, 3.8) is 0 Å². The van der Waals surface area contributed by atoms with Gasteiger partial charge in [-0.25, -0.2) is 4.39 Å². The number of aliphatic carboxylic acids is 1. The number of allylic oxidation sites excluding steroid dienone is 1. The topological polar surface area (TPSA) is 139 Å². The van der Waals surface area contributed by atoms with Gasteiger partial charge in [-0.05, 0) is 28.6 Å². The van der Waals surface area contributed by atoms with E-state index in [9.17, 15) is 23.9 Å². The molecule has 1 unspecified atom stereocenters. The highest BCUT2D eigenvalue weighted by Gasteiger charge is 2.41. The molecule has 0 fully saturated rings. The summed E-state index contributed by atoms with van der Waals surface area (Å²) in [5, 5.41) is 36.0. The van der Waals surface area contributed by atoms with Gasteiger partial charge in [0.15, 0.2) is 6.20 Å². The van der Waals surface area contributed by atoms with E-state index in [0.29, 0.717) is 11.4 Å². The number of carbonyl (C=O) groups is 1. The summed E-state index contributed by atoms with van der Waals surface area (Å²) < 4.78 is 46.5. The van der Waals surface area contributed by atoms with Gasteiger partial charge in [0.2, 0.25) is 0 Å². The van der Waals surface area contributed by atoms with E-state index >= 15 is 4.39 Å². The number of hydrogen-bond donors (Lipinski definition) is 1. The Kier molecular flexibility index (Phi) is 7.17. The van der Waals surface area contributed by atoms with E-state index in [2.05, 4.69) is 25.8 Å². The molecule has 188 valence electrons. The van der Waals surface area contributed by atoms with E-state index in [0.717, 1.165) is 12.3 Å². The van der Waals surface area contributed by atoms with E-state index in [1.807, 2.05) is 0 Å². The van der Waals surface area contributed by atoms with E-state index in [4.69, 9.17) is 11.6 Å². The Morgan fingerprint density at radius 3 is 2.78 bits per heavy atom. The molecule has 1 atom stereocenters. The minimum absolute atomic E-state index is 0.0110. The Labute approximate surface area is 206 Å². The van der Waals surface area contributed by atoms with Crippen molar-refractivity contribution >= 4 is 17.6 Å². The molecule has 0 radical (unpaired) electrons. The monoisotopic (exact) mass is 521 g/mol. The first-order chi connectivity index (χ1) is 17.2. The molecule has 4 heterocycles. The molecule has 3 aromatic heterocycles. The highest BCUT2D eigenvalue weighted by atomic mass is 35.5. The Hall–Kier alpha value is -4.04. The lowest BCUT2D eigenvalue weighted by Gasteiger charge is -2.35. The predicted molar refractivity (Wildman–Crippen MR) is 115 cm³/mol. The zero-order valence-corrected chi connectivity index (χ0v) is 19.0. The van der Waals surface area contributed by atoms with Crippen LogP contribution in [0.5, 0.6) is 0 Å². The number of rotatable bonds is 9. The van der Waals surface area contributed by atoms with Gasteiger partial charge in [0.05, 0.1) is 29.5 Å². The van der Waals surface area contributed by atoms with Crippen molar-refractivity contribution in [3.8, 4) is 5.69 Å².